The van der Waals surface area contributed by atoms with Crippen LogP contribution < -0.4 is 4.74 Å². The van der Waals surface area contributed by atoms with Crippen molar-refractivity contribution in [2.75, 3.05) is 52.5 Å². The van der Waals surface area contributed by atoms with Gasteiger partial charge in [0.1, 0.15) is 5.75 Å². The number of hydrogen-bond acceptors (Lipinski definition) is 5. The molecule has 0 spiro atoms. The number of alkyl halides is 2. The van der Waals surface area contributed by atoms with E-state index >= 15 is 0 Å². The number of carbonyl (C=O) groups is 1. The quantitative estimate of drug-likeness (QED) is 0.304. The highest BCUT2D eigenvalue weighted by atomic mass is 19.3. The number of benzene rings is 1. The highest BCUT2D eigenvalue weighted by Gasteiger charge is 2.41. The largest absolute Gasteiger partial charge is 0.494 e. The molecule has 35 heavy (non-hydrogen) atoms. The molecule has 0 bridgehead atoms. The molecule has 202 valence electrons. The molecule has 1 unspecified atom stereocenters. The molecule has 1 aliphatic rings. The van der Waals surface area contributed by atoms with Gasteiger partial charge in [0.15, 0.2) is 0 Å². The SMILES string of the molecule is CCCCCCCCOc1ccc(C2CN(CC(F)(F)C(=O)O)CCO2)cc1.CCN(CC)CC. The van der Waals surface area contributed by atoms with Crippen molar-refractivity contribution in [1.29, 1.82) is 0 Å². The third kappa shape index (κ3) is 12.7. The van der Waals surface area contributed by atoms with Crippen LogP contribution in [0.25, 0.3) is 0 Å². The van der Waals surface area contributed by atoms with Gasteiger partial charge < -0.3 is 19.5 Å². The van der Waals surface area contributed by atoms with E-state index < -0.39 is 18.4 Å². The van der Waals surface area contributed by atoms with Crippen LogP contribution in [-0.4, -0.2) is 79.3 Å². The Morgan fingerprint density at radius 1 is 1.06 bits per heavy atom. The smallest absolute Gasteiger partial charge is 0.375 e. The summed E-state index contributed by atoms with van der Waals surface area (Å²) in [6, 6.07) is 7.47. The Kier molecular flexibility index (Phi) is 15.7. The van der Waals surface area contributed by atoms with Crippen LogP contribution in [-0.2, 0) is 9.53 Å². The maximum Gasteiger partial charge on any atom is 0.375 e. The summed E-state index contributed by atoms with van der Waals surface area (Å²) in [5.41, 5.74) is 0.871. The normalized spacial score (nSPS) is 16.6. The van der Waals surface area contributed by atoms with Crippen LogP contribution in [0.15, 0.2) is 24.3 Å². The number of carboxylic acid groups (broad SMARTS) is 1. The van der Waals surface area contributed by atoms with Crippen molar-refractivity contribution >= 4 is 5.97 Å². The second-order valence-corrected chi connectivity index (χ2v) is 8.91. The molecule has 0 radical (unpaired) electrons. The van der Waals surface area contributed by atoms with Crippen molar-refractivity contribution in [3.05, 3.63) is 29.8 Å². The summed E-state index contributed by atoms with van der Waals surface area (Å²) < 4.78 is 38.3. The summed E-state index contributed by atoms with van der Waals surface area (Å²) in [5.74, 6) is -5.07. The minimum Gasteiger partial charge on any atom is -0.494 e. The Morgan fingerprint density at radius 3 is 2.20 bits per heavy atom. The summed E-state index contributed by atoms with van der Waals surface area (Å²) in [5, 5.41) is 8.61. The maximum atomic E-state index is 13.4. The Labute approximate surface area is 210 Å². The Morgan fingerprint density at radius 2 is 1.66 bits per heavy atom. The number of aliphatic carboxylic acids is 1. The Bertz CT molecular complexity index is 679. The van der Waals surface area contributed by atoms with Gasteiger partial charge in [0.2, 0.25) is 0 Å². The van der Waals surface area contributed by atoms with Crippen LogP contribution in [0.5, 0.6) is 5.75 Å². The first-order valence-electron chi connectivity index (χ1n) is 13.2. The molecule has 0 saturated carbocycles. The zero-order valence-corrected chi connectivity index (χ0v) is 22.1. The van der Waals surface area contributed by atoms with Gasteiger partial charge in [-0.1, -0.05) is 71.9 Å². The van der Waals surface area contributed by atoms with Crippen LogP contribution in [0.3, 0.4) is 0 Å². The van der Waals surface area contributed by atoms with Gasteiger partial charge in [-0.3, -0.25) is 4.90 Å². The number of hydrogen-bond donors (Lipinski definition) is 1. The molecule has 0 aliphatic carbocycles. The lowest BCUT2D eigenvalue weighted by Crippen LogP contribution is -2.47. The summed E-state index contributed by atoms with van der Waals surface area (Å²) in [4.78, 5) is 14.4. The molecule has 1 fully saturated rings. The number of carboxylic acids is 1. The monoisotopic (exact) mass is 500 g/mol. The van der Waals surface area contributed by atoms with Gasteiger partial charge in [-0.25, -0.2) is 4.79 Å². The standard InChI is InChI=1S/C21H31F2NO4.C6H15N/c1-2-3-4-5-6-7-13-27-18-10-8-17(9-11-18)19-15-24(12-14-28-19)16-21(22,23)20(25)26;1-4-7(5-2)6-3/h8-11,19H,2-7,12-16H2,1H3,(H,25,26);4-6H2,1-3H3. The van der Waals surface area contributed by atoms with Gasteiger partial charge in [-0.05, 0) is 43.8 Å². The molecule has 0 aromatic heterocycles. The minimum absolute atomic E-state index is 0.237. The van der Waals surface area contributed by atoms with Gasteiger partial charge in [-0.2, -0.15) is 8.78 Å². The lowest BCUT2D eigenvalue weighted by Gasteiger charge is -2.34. The Hall–Kier alpha value is -1.77. The van der Waals surface area contributed by atoms with Crippen molar-refractivity contribution < 1.29 is 28.2 Å². The molecule has 0 amide bonds. The molecular weight excluding hydrogens is 454 g/mol. The van der Waals surface area contributed by atoms with Crippen LogP contribution in [0.1, 0.15) is 77.9 Å². The van der Waals surface area contributed by atoms with E-state index in [-0.39, 0.29) is 19.3 Å². The lowest BCUT2D eigenvalue weighted by molar-refractivity contribution is -0.170. The van der Waals surface area contributed by atoms with Crippen LogP contribution in [0.2, 0.25) is 0 Å². The van der Waals surface area contributed by atoms with E-state index in [9.17, 15) is 13.6 Å². The molecule has 1 heterocycles. The van der Waals surface area contributed by atoms with Crippen molar-refractivity contribution in [1.82, 2.24) is 9.80 Å². The van der Waals surface area contributed by atoms with Crippen molar-refractivity contribution in [3.63, 3.8) is 0 Å². The van der Waals surface area contributed by atoms with E-state index in [0.717, 1.165) is 17.7 Å². The van der Waals surface area contributed by atoms with Crippen molar-refractivity contribution in [2.45, 2.75) is 78.2 Å². The third-order valence-corrected chi connectivity index (χ3v) is 6.25. The third-order valence-electron chi connectivity index (χ3n) is 6.25. The van der Waals surface area contributed by atoms with E-state index in [1.807, 2.05) is 24.3 Å². The maximum absolute atomic E-state index is 13.4. The molecular formula is C27H46F2N2O4. The first-order chi connectivity index (χ1) is 16.8. The fourth-order valence-corrected chi connectivity index (χ4v) is 3.92. The van der Waals surface area contributed by atoms with E-state index in [2.05, 4.69) is 32.6 Å². The second-order valence-electron chi connectivity index (χ2n) is 8.91. The summed E-state index contributed by atoms with van der Waals surface area (Å²) in [7, 11) is 0. The van der Waals surface area contributed by atoms with Crippen molar-refractivity contribution in [3.8, 4) is 5.75 Å². The highest BCUT2D eigenvalue weighted by molar-refractivity contribution is 5.75. The van der Waals surface area contributed by atoms with Crippen LogP contribution in [0.4, 0.5) is 8.78 Å². The fraction of sp³-hybridized carbons (Fsp3) is 0.741. The zero-order chi connectivity index (χ0) is 26.1. The summed E-state index contributed by atoms with van der Waals surface area (Å²) in [6.07, 6.45) is 6.90. The van der Waals surface area contributed by atoms with Crippen LogP contribution >= 0.6 is 0 Å². The topological polar surface area (TPSA) is 62.2 Å². The van der Waals surface area contributed by atoms with E-state index in [1.165, 1.54) is 56.6 Å². The fourth-order valence-electron chi connectivity index (χ4n) is 3.92. The first kappa shape index (κ1) is 31.3. The average molecular weight is 501 g/mol. The van der Waals surface area contributed by atoms with Gasteiger partial charge >= 0.3 is 11.9 Å². The zero-order valence-electron chi connectivity index (χ0n) is 22.1. The summed E-state index contributed by atoms with van der Waals surface area (Å²) in [6.45, 7) is 13.0. The average Bonchev–Trinajstić information content (AvgIpc) is 2.85. The molecule has 1 aromatic carbocycles. The molecule has 6 nitrogen and oxygen atoms in total. The molecule has 1 aromatic rings. The number of unbranched alkanes of at least 4 members (excludes halogenated alkanes) is 5. The number of ether oxygens (including phenoxy) is 2. The molecule has 1 aliphatic heterocycles. The predicted molar refractivity (Wildman–Crippen MR) is 136 cm³/mol. The van der Waals surface area contributed by atoms with Gasteiger partial charge in [0, 0.05) is 13.1 Å². The second kappa shape index (κ2) is 17.6. The molecule has 1 saturated heterocycles. The van der Waals surface area contributed by atoms with Crippen molar-refractivity contribution in [2.24, 2.45) is 0 Å². The van der Waals surface area contributed by atoms with E-state index in [1.54, 1.807) is 0 Å². The number of nitrogens with zero attached hydrogens (tertiary/aromatic N) is 2. The highest BCUT2D eigenvalue weighted by Crippen LogP contribution is 2.26. The lowest BCUT2D eigenvalue weighted by atomic mass is 10.1. The molecule has 8 heteroatoms. The number of morpholine rings is 1. The Balaban J connectivity index is 0.000000762. The molecule has 1 N–H and O–H groups in total. The molecule has 1 atom stereocenters. The summed E-state index contributed by atoms with van der Waals surface area (Å²) >= 11 is 0. The molecule has 2 rings (SSSR count). The number of rotatable bonds is 15. The van der Waals surface area contributed by atoms with Crippen LogP contribution in [0, 0.1) is 0 Å². The van der Waals surface area contributed by atoms with Gasteiger partial charge in [-0.15, -0.1) is 0 Å². The van der Waals surface area contributed by atoms with Gasteiger partial charge in [0.05, 0.1) is 25.9 Å². The van der Waals surface area contributed by atoms with E-state index in [4.69, 9.17) is 14.6 Å². The van der Waals surface area contributed by atoms with Gasteiger partial charge in [0.25, 0.3) is 0 Å². The number of halogens is 2. The van der Waals surface area contributed by atoms with E-state index in [0.29, 0.717) is 13.2 Å². The predicted octanol–water partition coefficient (Wildman–Crippen LogP) is 5.87. The minimum atomic E-state index is -3.75. The first-order valence-corrected chi connectivity index (χ1v) is 13.2.